The Kier molecular flexibility index (Phi) is 2.72. The summed E-state index contributed by atoms with van der Waals surface area (Å²) in [6, 6.07) is 0. The van der Waals surface area contributed by atoms with Gasteiger partial charge in [0.1, 0.15) is 0 Å². The molecule has 1 aromatic heterocycles. The van der Waals surface area contributed by atoms with Crippen LogP contribution in [-0.2, 0) is 6.42 Å². The van der Waals surface area contributed by atoms with E-state index >= 15 is 0 Å². The molecule has 0 unspecified atom stereocenters. The van der Waals surface area contributed by atoms with Gasteiger partial charge < -0.3 is 5.11 Å². The topological polar surface area (TPSA) is 48.9 Å². The second-order valence-corrected chi connectivity index (χ2v) is 5.23. The number of hydrogen-bond acceptors (Lipinski definition) is 2. The molecule has 0 spiro atoms. The van der Waals surface area contributed by atoms with Crippen LogP contribution in [0.5, 0.6) is 0 Å². The molecule has 0 atom stereocenters. The Balaban J connectivity index is 1.88. The first kappa shape index (κ1) is 10.3. The van der Waals surface area contributed by atoms with Crippen molar-refractivity contribution in [2.24, 2.45) is 0 Å². The van der Waals surface area contributed by atoms with Crippen molar-refractivity contribution in [3.05, 3.63) is 17.0 Å². The summed E-state index contributed by atoms with van der Waals surface area (Å²) >= 11 is 0. The van der Waals surface area contributed by atoms with Crippen LogP contribution in [0.25, 0.3) is 0 Å². The molecule has 0 aromatic carbocycles. The number of aliphatic hydroxyl groups excluding tert-OH is 1. The predicted octanol–water partition coefficient (Wildman–Crippen LogP) is 2.48. The zero-order valence-corrected chi connectivity index (χ0v) is 9.71. The molecule has 3 rings (SSSR count). The van der Waals surface area contributed by atoms with Crippen LogP contribution in [0, 0.1) is 0 Å². The van der Waals surface area contributed by atoms with Crippen molar-refractivity contribution in [1.82, 2.24) is 10.2 Å². The van der Waals surface area contributed by atoms with Gasteiger partial charge in [0.2, 0.25) is 0 Å². The number of aromatic nitrogens is 2. The highest BCUT2D eigenvalue weighted by Crippen LogP contribution is 2.42. The second kappa shape index (κ2) is 4.21. The minimum absolute atomic E-state index is 0.249. The highest BCUT2D eigenvalue weighted by molar-refractivity contribution is 5.32. The molecule has 2 N–H and O–H groups in total. The summed E-state index contributed by atoms with van der Waals surface area (Å²) in [6.07, 6.45) is 8.64. The van der Waals surface area contributed by atoms with Gasteiger partial charge >= 0.3 is 0 Å². The van der Waals surface area contributed by atoms with Crippen LogP contribution < -0.4 is 0 Å². The first-order valence-corrected chi connectivity index (χ1v) is 6.58. The monoisotopic (exact) mass is 220 g/mol. The molecule has 2 aliphatic carbocycles. The Morgan fingerprint density at radius 3 is 2.31 bits per heavy atom. The molecule has 1 aromatic rings. The lowest BCUT2D eigenvalue weighted by Crippen LogP contribution is -2.14. The van der Waals surface area contributed by atoms with Gasteiger partial charge in [-0.2, -0.15) is 5.10 Å². The third kappa shape index (κ3) is 1.58. The molecule has 2 saturated carbocycles. The van der Waals surface area contributed by atoms with Crippen molar-refractivity contribution >= 4 is 0 Å². The highest BCUT2D eigenvalue weighted by atomic mass is 16.2. The molecular formula is C13H20N2O. The number of hydrogen-bond donors (Lipinski definition) is 2. The van der Waals surface area contributed by atoms with Crippen LogP contribution >= 0.6 is 0 Å². The lowest BCUT2D eigenvalue weighted by Gasteiger charge is -2.27. The summed E-state index contributed by atoms with van der Waals surface area (Å²) in [5, 5.41) is 17.0. The van der Waals surface area contributed by atoms with Gasteiger partial charge in [-0.05, 0) is 37.7 Å². The van der Waals surface area contributed by atoms with Gasteiger partial charge in [0, 0.05) is 24.1 Å². The smallest absolute Gasteiger partial charge is 0.0688 e. The van der Waals surface area contributed by atoms with E-state index in [1.807, 2.05) is 0 Å². The maximum absolute atomic E-state index is 9.19. The summed E-state index contributed by atoms with van der Waals surface area (Å²) in [4.78, 5) is 0. The largest absolute Gasteiger partial charge is 0.396 e. The lowest BCUT2D eigenvalue weighted by atomic mass is 9.77. The van der Waals surface area contributed by atoms with Crippen molar-refractivity contribution in [2.45, 2.75) is 56.8 Å². The SMILES string of the molecule is OCCc1c(C2CCC2)n[nH]c1C1CCC1. The van der Waals surface area contributed by atoms with E-state index in [1.54, 1.807) is 0 Å². The van der Waals surface area contributed by atoms with Crippen molar-refractivity contribution in [2.75, 3.05) is 6.61 Å². The summed E-state index contributed by atoms with van der Waals surface area (Å²) in [5.74, 6) is 1.37. The zero-order chi connectivity index (χ0) is 11.0. The quantitative estimate of drug-likeness (QED) is 0.819. The fourth-order valence-corrected chi connectivity index (χ4v) is 2.82. The maximum Gasteiger partial charge on any atom is 0.0688 e. The number of H-pyrrole nitrogens is 1. The second-order valence-electron chi connectivity index (χ2n) is 5.23. The first-order valence-electron chi connectivity index (χ1n) is 6.58. The first-order chi connectivity index (χ1) is 7.90. The predicted molar refractivity (Wildman–Crippen MR) is 62.6 cm³/mol. The minimum atomic E-state index is 0.249. The molecule has 16 heavy (non-hydrogen) atoms. The van der Waals surface area contributed by atoms with Crippen molar-refractivity contribution in [3.63, 3.8) is 0 Å². The summed E-state index contributed by atoms with van der Waals surface area (Å²) in [7, 11) is 0. The summed E-state index contributed by atoms with van der Waals surface area (Å²) in [5.41, 5.74) is 3.95. The number of nitrogens with one attached hydrogen (secondary N) is 1. The van der Waals surface area contributed by atoms with Gasteiger partial charge in [-0.1, -0.05) is 12.8 Å². The molecular weight excluding hydrogens is 200 g/mol. The Morgan fingerprint density at radius 1 is 1.12 bits per heavy atom. The normalized spacial score (nSPS) is 21.8. The molecule has 88 valence electrons. The fraction of sp³-hybridized carbons (Fsp3) is 0.769. The van der Waals surface area contributed by atoms with Gasteiger partial charge in [-0.15, -0.1) is 0 Å². The van der Waals surface area contributed by atoms with Gasteiger partial charge in [-0.25, -0.2) is 0 Å². The van der Waals surface area contributed by atoms with Crippen molar-refractivity contribution in [1.29, 1.82) is 0 Å². The summed E-state index contributed by atoms with van der Waals surface area (Å²) < 4.78 is 0. The van der Waals surface area contributed by atoms with Crippen LogP contribution in [0.2, 0.25) is 0 Å². The number of rotatable bonds is 4. The van der Waals surface area contributed by atoms with Crippen molar-refractivity contribution in [3.8, 4) is 0 Å². The van der Waals surface area contributed by atoms with Crippen LogP contribution in [0.1, 0.15) is 67.3 Å². The lowest BCUT2D eigenvalue weighted by molar-refractivity contribution is 0.296. The van der Waals surface area contributed by atoms with E-state index in [-0.39, 0.29) is 6.61 Å². The zero-order valence-electron chi connectivity index (χ0n) is 9.71. The van der Waals surface area contributed by atoms with Crippen molar-refractivity contribution < 1.29 is 5.11 Å². The molecule has 1 heterocycles. The molecule has 2 aliphatic rings. The average Bonchev–Trinajstić information content (AvgIpc) is 2.46. The van der Waals surface area contributed by atoms with E-state index in [9.17, 15) is 5.11 Å². The third-order valence-corrected chi connectivity index (χ3v) is 4.30. The van der Waals surface area contributed by atoms with Gasteiger partial charge in [-0.3, -0.25) is 5.10 Å². The molecule has 0 saturated heterocycles. The molecule has 0 amide bonds. The van der Waals surface area contributed by atoms with Crippen LogP contribution in [0.15, 0.2) is 0 Å². The standard InChI is InChI=1S/C13H20N2O/c16-8-7-11-12(9-3-1-4-9)14-15-13(11)10-5-2-6-10/h9-10,16H,1-8H2,(H,14,15). The van der Waals surface area contributed by atoms with E-state index in [0.717, 1.165) is 6.42 Å². The van der Waals surface area contributed by atoms with E-state index < -0.39 is 0 Å². The average molecular weight is 220 g/mol. The van der Waals surface area contributed by atoms with Crippen LogP contribution in [0.4, 0.5) is 0 Å². The number of nitrogens with zero attached hydrogens (tertiary/aromatic N) is 1. The molecule has 2 fully saturated rings. The Morgan fingerprint density at radius 2 is 1.81 bits per heavy atom. The number of aromatic amines is 1. The van der Waals surface area contributed by atoms with E-state index in [4.69, 9.17) is 0 Å². The fourth-order valence-electron chi connectivity index (χ4n) is 2.82. The minimum Gasteiger partial charge on any atom is -0.396 e. The Labute approximate surface area is 96.3 Å². The number of aliphatic hydroxyl groups is 1. The maximum atomic E-state index is 9.19. The van der Waals surface area contributed by atoms with Crippen LogP contribution in [0.3, 0.4) is 0 Å². The van der Waals surface area contributed by atoms with Gasteiger partial charge in [0.15, 0.2) is 0 Å². The Hall–Kier alpha value is -0.830. The van der Waals surface area contributed by atoms with Gasteiger partial charge in [0.25, 0.3) is 0 Å². The van der Waals surface area contributed by atoms with Gasteiger partial charge in [0.05, 0.1) is 5.69 Å². The highest BCUT2D eigenvalue weighted by Gasteiger charge is 2.30. The third-order valence-electron chi connectivity index (χ3n) is 4.30. The van der Waals surface area contributed by atoms with E-state index in [0.29, 0.717) is 11.8 Å². The Bertz CT molecular complexity index is 333. The van der Waals surface area contributed by atoms with E-state index in [2.05, 4.69) is 10.2 Å². The molecule has 0 bridgehead atoms. The molecule has 0 radical (unpaired) electrons. The van der Waals surface area contributed by atoms with E-state index in [1.165, 1.54) is 55.5 Å². The summed E-state index contributed by atoms with van der Waals surface area (Å²) in [6.45, 7) is 0.249. The molecule has 3 heteroatoms. The van der Waals surface area contributed by atoms with Crippen LogP contribution in [-0.4, -0.2) is 21.9 Å². The molecule has 0 aliphatic heterocycles. The molecule has 3 nitrogen and oxygen atoms in total.